The van der Waals surface area contributed by atoms with E-state index in [1.165, 1.54) is 9.36 Å². The van der Waals surface area contributed by atoms with Crippen molar-refractivity contribution >= 4 is 33.0 Å². The molecule has 4 aromatic rings. The van der Waals surface area contributed by atoms with Crippen LogP contribution in [0, 0.1) is 0 Å². The first-order chi connectivity index (χ1) is 14.7. The molecule has 0 amide bonds. The van der Waals surface area contributed by atoms with E-state index in [4.69, 9.17) is 0 Å². The summed E-state index contributed by atoms with van der Waals surface area (Å²) in [5, 5.41) is 2.80. The molecular formula is C25H18N2O3. The van der Waals surface area contributed by atoms with Crippen molar-refractivity contribution in [1.82, 2.24) is 9.36 Å². The maximum absolute atomic E-state index is 13.6. The average molecular weight is 394 g/mol. The number of hydrogen-bond acceptors (Lipinski definition) is 3. The molecular weight excluding hydrogens is 376 g/mol. The van der Waals surface area contributed by atoms with Crippen LogP contribution in [0.2, 0.25) is 0 Å². The van der Waals surface area contributed by atoms with Crippen molar-refractivity contribution in [3.63, 3.8) is 0 Å². The second kappa shape index (κ2) is 6.13. The Balaban J connectivity index is 1.79. The number of Topliss-reactive ketones (excluding diaryl/α,β-unsaturated/α-hetero) is 1. The maximum atomic E-state index is 13.6. The van der Waals surface area contributed by atoms with Gasteiger partial charge in [0.25, 0.3) is 11.1 Å². The van der Waals surface area contributed by atoms with E-state index < -0.39 is 6.04 Å². The van der Waals surface area contributed by atoms with Gasteiger partial charge in [-0.2, -0.15) is 0 Å². The van der Waals surface area contributed by atoms with E-state index >= 15 is 0 Å². The predicted molar refractivity (Wildman–Crippen MR) is 117 cm³/mol. The normalized spacial score (nSPS) is 18.1. The van der Waals surface area contributed by atoms with E-state index in [0.29, 0.717) is 41.3 Å². The topological polar surface area (TPSA) is 61.1 Å². The molecule has 30 heavy (non-hydrogen) atoms. The molecule has 0 radical (unpaired) electrons. The minimum Gasteiger partial charge on any atom is -0.294 e. The zero-order valence-electron chi connectivity index (χ0n) is 16.2. The Morgan fingerprint density at radius 2 is 1.37 bits per heavy atom. The molecule has 146 valence electrons. The molecule has 2 aliphatic rings. The first-order valence-corrected chi connectivity index (χ1v) is 10.2. The van der Waals surface area contributed by atoms with Crippen molar-refractivity contribution in [2.75, 3.05) is 0 Å². The van der Waals surface area contributed by atoms with E-state index in [9.17, 15) is 14.4 Å². The van der Waals surface area contributed by atoms with Crippen molar-refractivity contribution < 1.29 is 4.79 Å². The Morgan fingerprint density at radius 3 is 2.17 bits per heavy atom. The van der Waals surface area contributed by atoms with E-state index in [-0.39, 0.29) is 16.9 Å². The van der Waals surface area contributed by atoms with Crippen LogP contribution >= 0.6 is 0 Å². The molecule has 2 heterocycles. The van der Waals surface area contributed by atoms with Crippen LogP contribution in [0.25, 0.3) is 27.2 Å². The third kappa shape index (κ3) is 2.15. The minimum atomic E-state index is -0.594. The van der Waals surface area contributed by atoms with Gasteiger partial charge in [-0.1, -0.05) is 54.6 Å². The van der Waals surface area contributed by atoms with Crippen LogP contribution in [0.3, 0.4) is 0 Å². The molecule has 0 saturated carbocycles. The lowest BCUT2D eigenvalue weighted by atomic mass is 9.86. The van der Waals surface area contributed by atoms with Crippen molar-refractivity contribution in [2.45, 2.75) is 25.3 Å². The number of benzene rings is 3. The highest BCUT2D eigenvalue weighted by Crippen LogP contribution is 2.42. The fourth-order valence-electron chi connectivity index (χ4n) is 5.04. The summed E-state index contributed by atoms with van der Waals surface area (Å²) in [6.45, 7) is 0. The SMILES string of the molecule is O=C1CCCC2=C1C(c1cccc3ccccc13)n1c(=O)c3ccccc3c(=O)n12. The number of carbonyl (C=O) groups excluding carboxylic acids is 1. The van der Waals surface area contributed by atoms with Gasteiger partial charge in [0.15, 0.2) is 5.78 Å². The standard InChI is InChI=1S/C25H18N2O3/c28-21-14-6-13-20-22(21)23(17-12-5-8-15-7-1-2-9-16(15)17)27-25(30)19-11-4-3-10-18(19)24(29)26(20)27/h1-5,7-12,23H,6,13-14H2. The summed E-state index contributed by atoms with van der Waals surface area (Å²) in [4.78, 5) is 40.1. The summed E-state index contributed by atoms with van der Waals surface area (Å²) in [7, 11) is 0. The van der Waals surface area contributed by atoms with Gasteiger partial charge in [0, 0.05) is 12.0 Å². The molecule has 1 unspecified atom stereocenters. The van der Waals surface area contributed by atoms with Gasteiger partial charge < -0.3 is 0 Å². The van der Waals surface area contributed by atoms with Gasteiger partial charge in [0.1, 0.15) is 6.04 Å². The van der Waals surface area contributed by atoms with Gasteiger partial charge in [0.2, 0.25) is 0 Å². The van der Waals surface area contributed by atoms with Crippen molar-refractivity contribution in [3.8, 4) is 0 Å². The van der Waals surface area contributed by atoms with Crippen molar-refractivity contribution in [3.05, 3.63) is 98.6 Å². The fraction of sp³-hybridized carbons (Fsp3) is 0.160. The number of nitrogens with zero attached hydrogens (tertiary/aromatic N) is 2. The predicted octanol–water partition coefficient (Wildman–Crippen LogP) is 3.88. The Hall–Kier alpha value is -3.73. The third-order valence-electron chi connectivity index (χ3n) is 6.32. The first kappa shape index (κ1) is 17.2. The monoisotopic (exact) mass is 394 g/mol. The molecule has 1 aliphatic carbocycles. The molecule has 0 spiro atoms. The van der Waals surface area contributed by atoms with Crippen LogP contribution in [0.1, 0.15) is 30.9 Å². The highest BCUT2D eigenvalue weighted by atomic mass is 16.2. The van der Waals surface area contributed by atoms with Gasteiger partial charge in [0.05, 0.1) is 16.5 Å². The van der Waals surface area contributed by atoms with Crippen LogP contribution in [-0.2, 0) is 4.79 Å². The van der Waals surface area contributed by atoms with Crippen LogP contribution in [0.5, 0.6) is 0 Å². The zero-order valence-corrected chi connectivity index (χ0v) is 16.2. The lowest BCUT2D eigenvalue weighted by Gasteiger charge is -2.20. The molecule has 3 aromatic carbocycles. The molecule has 0 fully saturated rings. The zero-order chi connectivity index (χ0) is 20.4. The summed E-state index contributed by atoms with van der Waals surface area (Å²) < 4.78 is 2.99. The summed E-state index contributed by atoms with van der Waals surface area (Å²) in [6, 6.07) is 20.2. The summed E-state index contributed by atoms with van der Waals surface area (Å²) in [6.07, 6.45) is 1.74. The van der Waals surface area contributed by atoms with Gasteiger partial charge in [-0.3, -0.25) is 14.4 Å². The number of rotatable bonds is 1. The molecule has 5 heteroatoms. The van der Waals surface area contributed by atoms with Gasteiger partial charge >= 0.3 is 0 Å². The van der Waals surface area contributed by atoms with Crippen LogP contribution in [0.4, 0.5) is 0 Å². The van der Waals surface area contributed by atoms with Gasteiger partial charge in [-0.05, 0) is 41.3 Å². The number of carbonyl (C=O) groups is 1. The molecule has 1 aromatic heterocycles. The summed E-state index contributed by atoms with van der Waals surface area (Å²) in [5.74, 6) is 0.0215. The second-order valence-electron chi connectivity index (χ2n) is 7.92. The quantitative estimate of drug-likeness (QED) is 0.492. The van der Waals surface area contributed by atoms with Crippen LogP contribution < -0.4 is 11.1 Å². The average Bonchev–Trinajstić information content (AvgIpc) is 3.14. The summed E-state index contributed by atoms with van der Waals surface area (Å²) >= 11 is 0. The van der Waals surface area contributed by atoms with E-state index in [0.717, 1.165) is 16.3 Å². The lowest BCUT2D eigenvalue weighted by Crippen LogP contribution is -2.37. The number of fused-ring (bicyclic) bond motifs is 4. The molecule has 0 saturated heterocycles. The Kier molecular flexibility index (Phi) is 3.51. The number of hydrogen-bond donors (Lipinski definition) is 0. The second-order valence-corrected chi connectivity index (χ2v) is 7.92. The van der Waals surface area contributed by atoms with Gasteiger partial charge in [-0.25, -0.2) is 9.36 Å². The molecule has 0 bridgehead atoms. The number of aromatic nitrogens is 2. The number of allylic oxidation sites excluding steroid dienone is 2. The van der Waals surface area contributed by atoms with Crippen LogP contribution in [-0.4, -0.2) is 15.1 Å². The summed E-state index contributed by atoms with van der Waals surface area (Å²) in [5.41, 5.74) is 1.66. The van der Waals surface area contributed by atoms with E-state index in [1.807, 2.05) is 42.5 Å². The minimum absolute atomic E-state index is 0.0215. The van der Waals surface area contributed by atoms with E-state index in [2.05, 4.69) is 0 Å². The Bertz CT molecular complexity index is 1530. The largest absolute Gasteiger partial charge is 0.294 e. The third-order valence-corrected chi connectivity index (χ3v) is 6.32. The molecule has 6 rings (SSSR count). The highest BCUT2D eigenvalue weighted by Gasteiger charge is 2.40. The fourth-order valence-corrected chi connectivity index (χ4v) is 5.04. The maximum Gasteiger partial charge on any atom is 0.277 e. The molecule has 1 aliphatic heterocycles. The lowest BCUT2D eigenvalue weighted by molar-refractivity contribution is -0.116. The van der Waals surface area contributed by atoms with Crippen LogP contribution in [0.15, 0.2) is 81.9 Å². The molecule has 5 nitrogen and oxygen atoms in total. The van der Waals surface area contributed by atoms with Gasteiger partial charge in [-0.15, -0.1) is 0 Å². The first-order valence-electron chi connectivity index (χ1n) is 10.2. The number of ketones is 1. The Labute approximate surface area is 171 Å². The van der Waals surface area contributed by atoms with Crippen molar-refractivity contribution in [1.29, 1.82) is 0 Å². The Morgan fingerprint density at radius 1 is 0.700 bits per heavy atom. The molecule has 0 N–H and O–H groups in total. The smallest absolute Gasteiger partial charge is 0.277 e. The molecule has 1 atom stereocenters. The highest BCUT2D eigenvalue weighted by molar-refractivity contribution is 6.05. The van der Waals surface area contributed by atoms with Crippen molar-refractivity contribution in [2.24, 2.45) is 0 Å². The van der Waals surface area contributed by atoms with E-state index in [1.54, 1.807) is 24.3 Å².